The number of aliphatic hydroxyl groups excluding tert-OH is 11. The van der Waals surface area contributed by atoms with Crippen molar-refractivity contribution in [2.24, 2.45) is 0 Å². The molecular formula is C86H160N2O21. The lowest BCUT2D eigenvalue weighted by molar-refractivity contribution is -0.386. The first kappa shape index (κ1) is 100. The van der Waals surface area contributed by atoms with Crippen LogP contribution in [0.1, 0.15) is 367 Å². The maximum atomic E-state index is 13.6. The van der Waals surface area contributed by atoms with E-state index >= 15 is 0 Å². The third-order valence-electron chi connectivity index (χ3n) is 22.4. The molecule has 2 amide bonds. The highest BCUT2D eigenvalue weighted by atomic mass is 16.8. The summed E-state index contributed by atoms with van der Waals surface area (Å²) in [4.78, 5) is 38.8. The second-order valence-corrected chi connectivity index (χ2v) is 32.1. The fourth-order valence-electron chi connectivity index (χ4n) is 15.5. The van der Waals surface area contributed by atoms with Gasteiger partial charge in [0.05, 0.1) is 50.7 Å². The largest absolute Gasteiger partial charge is 0.477 e. The zero-order chi connectivity index (χ0) is 79.5. The minimum absolute atomic E-state index is 0.226. The van der Waals surface area contributed by atoms with Crippen LogP contribution >= 0.6 is 0 Å². The Kier molecular flexibility index (Phi) is 59.3. The van der Waals surface area contributed by atoms with E-state index in [9.17, 15) is 75.7 Å². The van der Waals surface area contributed by atoms with Crippen LogP contribution < -0.4 is 10.6 Å². The number of carbonyl (C=O) groups excluding carboxylic acids is 2. The van der Waals surface area contributed by atoms with E-state index in [1.54, 1.807) is 0 Å². The summed E-state index contributed by atoms with van der Waals surface area (Å²) in [6, 6.07) is -2.53. The van der Waals surface area contributed by atoms with Crippen molar-refractivity contribution < 1.29 is 104 Å². The van der Waals surface area contributed by atoms with Crippen molar-refractivity contribution >= 4 is 17.8 Å². The van der Waals surface area contributed by atoms with Crippen molar-refractivity contribution in [3.05, 3.63) is 24.3 Å². The Morgan fingerprint density at radius 2 is 0.881 bits per heavy atom. The highest BCUT2D eigenvalue weighted by Crippen LogP contribution is 2.39. The van der Waals surface area contributed by atoms with Crippen LogP contribution in [0, 0.1) is 0 Å². The highest BCUT2D eigenvalue weighted by molar-refractivity contribution is 5.77. The number of allylic oxidation sites excluding steroid dienone is 4. The standard InChI is InChI=1S/C86H160N2O21/c1-4-6-8-10-12-14-16-18-20-22-24-26-28-29-30-31-32-33-34-35-36-37-38-40-42-44-46-48-50-52-54-56-58-60-73(96)88-67(68(93)59-57-55-53-51-49-47-45-43-41-39-27-25-23-21-19-17-15-13-11-9-7-5-2)65-104-83-78(100)77(99)80(72(64-91)106-83)107-84-79(101)82(76(98)71(63-90)105-84)109-86(85(102)103)61-69(94)74(87-66(3)92)81(108-86)75(97)70(95)62-89/h24,26,29-30,67-72,74-84,89-91,93-95,97-101H,4-23,25,27-28,31-65H2,1-3H3,(H,87,92)(H,88,96)(H,102,103)/b26-24-,30-29-. The van der Waals surface area contributed by atoms with Gasteiger partial charge in [-0.1, -0.05) is 327 Å². The van der Waals surface area contributed by atoms with Crippen LogP contribution in [0.4, 0.5) is 0 Å². The fraction of sp³-hybridized carbons (Fsp3) is 0.919. The van der Waals surface area contributed by atoms with Gasteiger partial charge in [-0.2, -0.15) is 0 Å². The molecule has 0 spiro atoms. The molecule has 0 aromatic rings. The number of carboxylic acids is 1. The predicted molar refractivity (Wildman–Crippen MR) is 426 cm³/mol. The molecule has 0 aliphatic carbocycles. The van der Waals surface area contributed by atoms with Crippen LogP contribution in [0.5, 0.6) is 0 Å². The van der Waals surface area contributed by atoms with Gasteiger partial charge in [0.25, 0.3) is 5.79 Å². The van der Waals surface area contributed by atoms with Gasteiger partial charge in [-0.3, -0.25) is 9.59 Å². The lowest BCUT2D eigenvalue weighted by Gasteiger charge is -2.50. The molecule has 23 heteroatoms. The molecule has 18 unspecified atom stereocenters. The number of aliphatic hydroxyl groups is 11. The fourth-order valence-corrected chi connectivity index (χ4v) is 15.5. The molecule has 109 heavy (non-hydrogen) atoms. The number of hydrogen-bond donors (Lipinski definition) is 14. The number of aliphatic carboxylic acids is 1. The van der Waals surface area contributed by atoms with E-state index in [0.717, 1.165) is 64.7 Å². The number of amides is 2. The molecule has 0 aromatic carbocycles. The van der Waals surface area contributed by atoms with E-state index in [1.165, 1.54) is 257 Å². The third kappa shape index (κ3) is 43.7. The van der Waals surface area contributed by atoms with Crippen LogP contribution in [-0.4, -0.2) is 215 Å². The van der Waals surface area contributed by atoms with Crippen molar-refractivity contribution in [1.82, 2.24) is 10.6 Å². The molecule has 0 radical (unpaired) electrons. The summed E-state index contributed by atoms with van der Waals surface area (Å²) in [7, 11) is 0. The average Bonchev–Trinajstić information content (AvgIpc) is 0.754. The number of rotatable bonds is 71. The molecule has 0 aromatic heterocycles. The van der Waals surface area contributed by atoms with E-state index in [4.69, 9.17) is 28.4 Å². The van der Waals surface area contributed by atoms with Crippen molar-refractivity contribution in [1.29, 1.82) is 0 Å². The van der Waals surface area contributed by atoms with E-state index in [1.807, 2.05) is 0 Å². The summed E-state index contributed by atoms with van der Waals surface area (Å²) in [5.74, 6) is -6.09. The van der Waals surface area contributed by atoms with Crippen molar-refractivity contribution in [2.75, 3.05) is 26.4 Å². The minimum Gasteiger partial charge on any atom is -0.477 e. The molecule has 3 aliphatic heterocycles. The maximum absolute atomic E-state index is 13.6. The molecule has 18 atom stereocenters. The molecule has 3 heterocycles. The van der Waals surface area contributed by atoms with E-state index in [2.05, 4.69) is 48.8 Å². The van der Waals surface area contributed by atoms with Gasteiger partial charge in [-0.25, -0.2) is 4.79 Å². The summed E-state index contributed by atoms with van der Waals surface area (Å²) in [5.41, 5.74) is 0. The lowest BCUT2D eigenvalue weighted by atomic mass is 9.88. The van der Waals surface area contributed by atoms with Crippen molar-refractivity contribution in [3.63, 3.8) is 0 Å². The molecule has 3 rings (SSSR count). The summed E-state index contributed by atoms with van der Waals surface area (Å²) in [6.07, 6.45) is 44.6. The highest BCUT2D eigenvalue weighted by Gasteiger charge is 2.60. The topological polar surface area (TPSA) is 373 Å². The minimum atomic E-state index is -3.08. The van der Waals surface area contributed by atoms with Crippen molar-refractivity contribution in [2.45, 2.75) is 477 Å². The van der Waals surface area contributed by atoms with Crippen LogP contribution in [-0.2, 0) is 42.8 Å². The summed E-state index contributed by atoms with van der Waals surface area (Å²) in [5, 5.41) is 137. The van der Waals surface area contributed by atoms with Crippen LogP contribution in [0.15, 0.2) is 24.3 Å². The van der Waals surface area contributed by atoms with E-state index in [0.29, 0.717) is 19.3 Å². The third-order valence-corrected chi connectivity index (χ3v) is 22.4. The number of hydrogen-bond acceptors (Lipinski definition) is 20. The smallest absolute Gasteiger partial charge is 0.364 e. The number of carboxylic acid groups (broad SMARTS) is 1. The van der Waals surface area contributed by atoms with E-state index < -0.39 is 148 Å². The second-order valence-electron chi connectivity index (χ2n) is 32.1. The van der Waals surface area contributed by atoms with Gasteiger partial charge in [0.1, 0.15) is 67.1 Å². The molecule has 640 valence electrons. The number of nitrogens with one attached hydrogen (secondary N) is 2. The lowest BCUT2D eigenvalue weighted by Crippen LogP contribution is -2.70. The Balaban J connectivity index is 1.45. The molecule has 3 aliphatic rings. The zero-order valence-electron chi connectivity index (χ0n) is 68.2. The van der Waals surface area contributed by atoms with Gasteiger partial charge in [0.2, 0.25) is 11.8 Å². The SMILES string of the molecule is CCCCCCCCCCC/C=C\C/C=C\CCCCCCCCCCCCCCCCCCCC(=O)NC(COC1OC(CO)C(OC2OC(CO)C(O)C(OC3(C(=O)O)CC(O)C(NC(C)=O)C(C(O)C(O)CO)O3)C2O)C(O)C1O)C(O)CCCCCCCCCCCCCCCCCCCCCCCC. The molecule has 3 fully saturated rings. The van der Waals surface area contributed by atoms with Crippen LogP contribution in [0.3, 0.4) is 0 Å². The molecule has 3 saturated heterocycles. The van der Waals surface area contributed by atoms with Crippen LogP contribution in [0.25, 0.3) is 0 Å². The zero-order valence-corrected chi connectivity index (χ0v) is 68.2. The van der Waals surface area contributed by atoms with Crippen LogP contribution in [0.2, 0.25) is 0 Å². The Bertz CT molecular complexity index is 2250. The summed E-state index contributed by atoms with van der Waals surface area (Å²) >= 11 is 0. The monoisotopic (exact) mass is 1560 g/mol. The summed E-state index contributed by atoms with van der Waals surface area (Å²) in [6.45, 7) is 2.27. The summed E-state index contributed by atoms with van der Waals surface area (Å²) < 4.78 is 35.0. The Labute approximate surface area is 657 Å². The maximum Gasteiger partial charge on any atom is 0.364 e. The average molecular weight is 1560 g/mol. The van der Waals surface area contributed by atoms with Gasteiger partial charge in [0, 0.05) is 19.8 Å². The molecule has 23 nitrogen and oxygen atoms in total. The first-order chi connectivity index (χ1) is 52.9. The Morgan fingerprint density at radius 1 is 0.477 bits per heavy atom. The normalized spacial score (nSPS) is 25.8. The first-order valence-electron chi connectivity index (χ1n) is 44.2. The van der Waals surface area contributed by atoms with Gasteiger partial charge in [-0.15, -0.1) is 0 Å². The van der Waals surface area contributed by atoms with E-state index in [-0.39, 0.29) is 18.9 Å². The van der Waals surface area contributed by atoms with Gasteiger partial charge in [0.15, 0.2) is 12.6 Å². The second kappa shape index (κ2) is 64.4. The van der Waals surface area contributed by atoms with Gasteiger partial charge in [-0.05, 0) is 44.9 Å². The van der Waals surface area contributed by atoms with Gasteiger partial charge < -0.3 is 100 Å². The molecule has 0 bridgehead atoms. The number of carbonyl (C=O) groups is 3. The molecular weight excluding hydrogens is 1400 g/mol. The molecule has 0 saturated carbocycles. The van der Waals surface area contributed by atoms with Crippen molar-refractivity contribution in [3.8, 4) is 0 Å². The Morgan fingerprint density at radius 3 is 1.28 bits per heavy atom. The predicted octanol–water partition coefficient (Wildman–Crippen LogP) is 13.5. The number of unbranched alkanes of at least 4 members (excludes halogenated alkanes) is 47. The number of ether oxygens (including phenoxy) is 6. The quantitative estimate of drug-likeness (QED) is 0.0199. The molecule has 14 N–H and O–H groups in total. The van der Waals surface area contributed by atoms with Gasteiger partial charge >= 0.3 is 5.97 Å². The Hall–Kier alpha value is -2.79. The first-order valence-corrected chi connectivity index (χ1v) is 44.2.